The molecule has 0 spiro atoms. The Balaban J connectivity index is 2.01. The van der Waals surface area contributed by atoms with Crippen molar-refractivity contribution in [3.63, 3.8) is 0 Å². The number of amides is 1. The topological polar surface area (TPSA) is 59.6 Å². The molecule has 5 nitrogen and oxygen atoms in total. The van der Waals surface area contributed by atoms with E-state index in [0.29, 0.717) is 18.1 Å². The molecule has 2 rings (SSSR count). The van der Waals surface area contributed by atoms with Crippen LogP contribution in [0.2, 0.25) is 0 Å². The zero-order valence-corrected chi connectivity index (χ0v) is 14.2. The summed E-state index contributed by atoms with van der Waals surface area (Å²) >= 11 is 0. The van der Waals surface area contributed by atoms with Crippen LogP contribution in [-0.4, -0.2) is 38.1 Å². The molecule has 0 aliphatic carbocycles. The van der Waals surface area contributed by atoms with Gasteiger partial charge in [-0.15, -0.1) is 0 Å². The highest BCUT2D eigenvalue weighted by Gasteiger charge is 2.42. The summed E-state index contributed by atoms with van der Waals surface area (Å²) in [6, 6.07) is 4.20. The maximum absolute atomic E-state index is 13.2. The number of hydrogen-bond donors (Lipinski definition) is 2. The Morgan fingerprint density at radius 2 is 2.21 bits per heavy atom. The number of carbonyl (C=O) groups is 1. The smallest absolute Gasteiger partial charge is 0.262 e. The van der Waals surface area contributed by atoms with Gasteiger partial charge in [0.05, 0.1) is 32.3 Å². The van der Waals surface area contributed by atoms with Crippen LogP contribution in [0.5, 0.6) is 11.5 Å². The average Bonchev–Trinajstić information content (AvgIpc) is 2.92. The van der Waals surface area contributed by atoms with Gasteiger partial charge in [-0.05, 0) is 31.0 Å². The summed E-state index contributed by atoms with van der Waals surface area (Å²) < 4.78 is 37.3. The average molecular weight is 342 g/mol. The Morgan fingerprint density at radius 1 is 1.46 bits per heavy atom. The van der Waals surface area contributed by atoms with Gasteiger partial charge in [-0.3, -0.25) is 10.1 Å². The number of ether oxygens (including phenoxy) is 2. The first-order valence-electron chi connectivity index (χ1n) is 8.08. The van der Waals surface area contributed by atoms with Crippen molar-refractivity contribution in [1.29, 1.82) is 0 Å². The van der Waals surface area contributed by atoms with Crippen LogP contribution >= 0.6 is 0 Å². The number of hydrogen-bond acceptors (Lipinski definition) is 4. The zero-order valence-electron chi connectivity index (χ0n) is 14.2. The Morgan fingerprint density at radius 3 is 2.79 bits per heavy atom. The molecule has 2 atom stereocenters. The predicted molar refractivity (Wildman–Crippen MR) is 86.7 cm³/mol. The van der Waals surface area contributed by atoms with E-state index in [1.807, 2.05) is 13.0 Å². The van der Waals surface area contributed by atoms with E-state index in [1.165, 1.54) is 0 Å². The fourth-order valence-electron chi connectivity index (χ4n) is 2.58. The second-order valence-electron chi connectivity index (χ2n) is 5.98. The summed E-state index contributed by atoms with van der Waals surface area (Å²) in [5.74, 6) is -2.04. The van der Waals surface area contributed by atoms with Crippen molar-refractivity contribution in [2.75, 3.05) is 20.3 Å². The fraction of sp³-hybridized carbons (Fsp3) is 0.588. The lowest BCUT2D eigenvalue weighted by molar-refractivity contribution is -0.124. The lowest BCUT2D eigenvalue weighted by Gasteiger charge is -2.19. The van der Waals surface area contributed by atoms with Crippen LogP contribution in [0.3, 0.4) is 0 Å². The molecule has 1 heterocycles. The molecule has 7 heteroatoms. The molecule has 0 bridgehead atoms. The minimum Gasteiger partial charge on any atom is -0.493 e. The molecule has 2 N–H and O–H groups in total. The number of nitrogens with one attached hydrogen (secondary N) is 2. The summed E-state index contributed by atoms with van der Waals surface area (Å²) in [7, 11) is 1.55. The largest absolute Gasteiger partial charge is 0.493 e. The fourth-order valence-corrected chi connectivity index (χ4v) is 2.58. The van der Waals surface area contributed by atoms with Gasteiger partial charge >= 0.3 is 0 Å². The number of benzene rings is 1. The Hall–Kier alpha value is -1.89. The first-order valence-corrected chi connectivity index (χ1v) is 8.08. The molecular formula is C17H24F2N2O3. The van der Waals surface area contributed by atoms with Gasteiger partial charge in [-0.2, -0.15) is 0 Å². The van der Waals surface area contributed by atoms with Crippen molar-refractivity contribution in [2.45, 2.75) is 44.7 Å². The van der Waals surface area contributed by atoms with E-state index in [0.717, 1.165) is 12.0 Å². The summed E-state index contributed by atoms with van der Waals surface area (Å²) in [6.45, 7) is 3.94. The van der Waals surface area contributed by atoms with E-state index in [1.54, 1.807) is 26.2 Å². The molecule has 1 amide bonds. The molecule has 2 unspecified atom stereocenters. The minimum atomic E-state index is -2.83. The first kappa shape index (κ1) is 18.4. The molecule has 24 heavy (non-hydrogen) atoms. The van der Waals surface area contributed by atoms with E-state index in [-0.39, 0.29) is 6.04 Å². The van der Waals surface area contributed by atoms with Gasteiger partial charge in [0.15, 0.2) is 11.5 Å². The molecule has 1 fully saturated rings. The summed E-state index contributed by atoms with van der Waals surface area (Å²) in [4.78, 5) is 12.1. The van der Waals surface area contributed by atoms with Crippen LogP contribution in [0.25, 0.3) is 0 Å². The standard InChI is InChI=1S/C17H24F2N2O3/c1-4-7-24-14-6-5-12(8-15(14)23-3)11(2)21-16(22)13-9-17(18,19)10-20-13/h5-6,8,11,13,20H,4,7,9-10H2,1-3H3,(H,21,22). The number of alkyl halides is 2. The van der Waals surface area contributed by atoms with Gasteiger partial charge in [-0.25, -0.2) is 8.78 Å². The summed E-state index contributed by atoms with van der Waals surface area (Å²) in [5, 5.41) is 5.31. The van der Waals surface area contributed by atoms with E-state index < -0.39 is 30.8 Å². The predicted octanol–water partition coefficient (Wildman–Crippen LogP) is 2.66. The van der Waals surface area contributed by atoms with Crippen LogP contribution in [0.1, 0.15) is 38.3 Å². The second kappa shape index (κ2) is 7.79. The van der Waals surface area contributed by atoms with Gasteiger partial charge in [0.2, 0.25) is 5.91 Å². The molecule has 0 radical (unpaired) electrons. The van der Waals surface area contributed by atoms with E-state index >= 15 is 0 Å². The van der Waals surface area contributed by atoms with Crippen LogP contribution in [0, 0.1) is 0 Å². The molecule has 1 aliphatic rings. The van der Waals surface area contributed by atoms with E-state index in [2.05, 4.69) is 10.6 Å². The third-order valence-electron chi connectivity index (χ3n) is 3.93. The molecule has 1 aromatic rings. The van der Waals surface area contributed by atoms with Gasteiger partial charge in [0.1, 0.15) is 0 Å². The highest BCUT2D eigenvalue weighted by molar-refractivity contribution is 5.82. The normalized spacial score (nSPS) is 20.5. The highest BCUT2D eigenvalue weighted by Crippen LogP contribution is 2.31. The summed E-state index contributed by atoms with van der Waals surface area (Å²) in [5.41, 5.74) is 0.814. The molecule has 134 valence electrons. The molecular weight excluding hydrogens is 318 g/mol. The number of methoxy groups -OCH3 is 1. The molecule has 0 saturated carbocycles. The third-order valence-corrected chi connectivity index (χ3v) is 3.93. The van der Waals surface area contributed by atoms with Crippen LogP contribution in [0.4, 0.5) is 8.78 Å². The van der Waals surface area contributed by atoms with Gasteiger partial charge in [-0.1, -0.05) is 13.0 Å². The lowest BCUT2D eigenvalue weighted by Crippen LogP contribution is -2.41. The SMILES string of the molecule is CCCOc1ccc(C(C)NC(=O)C2CC(F)(F)CN2)cc1OC. The minimum absolute atomic E-state index is 0.331. The number of carbonyl (C=O) groups excluding carboxylic acids is 1. The Bertz CT molecular complexity index is 581. The Kier molecular flexibility index (Phi) is 5.99. The van der Waals surface area contributed by atoms with E-state index in [9.17, 15) is 13.6 Å². The van der Waals surface area contributed by atoms with Crippen molar-refractivity contribution in [2.24, 2.45) is 0 Å². The molecule has 1 aliphatic heterocycles. The Labute approximate surface area is 140 Å². The molecule has 0 aromatic heterocycles. The van der Waals surface area contributed by atoms with Crippen molar-refractivity contribution in [3.8, 4) is 11.5 Å². The quantitative estimate of drug-likeness (QED) is 0.800. The second-order valence-corrected chi connectivity index (χ2v) is 5.98. The summed E-state index contributed by atoms with van der Waals surface area (Å²) in [6.07, 6.45) is 0.412. The van der Waals surface area contributed by atoms with Gasteiger partial charge in [0, 0.05) is 6.42 Å². The van der Waals surface area contributed by atoms with Crippen LogP contribution in [-0.2, 0) is 4.79 Å². The van der Waals surface area contributed by atoms with Gasteiger partial charge < -0.3 is 14.8 Å². The number of rotatable bonds is 7. The molecule has 1 aromatic carbocycles. The number of halogens is 2. The van der Waals surface area contributed by atoms with E-state index in [4.69, 9.17) is 9.47 Å². The molecule has 1 saturated heterocycles. The van der Waals surface area contributed by atoms with Crippen molar-refractivity contribution < 1.29 is 23.0 Å². The monoisotopic (exact) mass is 342 g/mol. The van der Waals surface area contributed by atoms with Gasteiger partial charge in [0.25, 0.3) is 5.92 Å². The van der Waals surface area contributed by atoms with Crippen molar-refractivity contribution >= 4 is 5.91 Å². The lowest BCUT2D eigenvalue weighted by atomic mass is 10.1. The van der Waals surface area contributed by atoms with Crippen molar-refractivity contribution in [3.05, 3.63) is 23.8 Å². The van der Waals surface area contributed by atoms with Crippen LogP contribution < -0.4 is 20.1 Å². The van der Waals surface area contributed by atoms with Crippen molar-refractivity contribution in [1.82, 2.24) is 10.6 Å². The zero-order chi connectivity index (χ0) is 17.7. The van der Waals surface area contributed by atoms with Crippen LogP contribution in [0.15, 0.2) is 18.2 Å². The third kappa shape index (κ3) is 4.56. The first-order chi connectivity index (χ1) is 11.4. The highest BCUT2D eigenvalue weighted by atomic mass is 19.3. The maximum atomic E-state index is 13.2. The maximum Gasteiger partial charge on any atom is 0.262 e.